The summed E-state index contributed by atoms with van der Waals surface area (Å²) in [6, 6.07) is 9.31. The molecule has 2 N–H and O–H groups in total. The van der Waals surface area contributed by atoms with Crippen LogP contribution >= 0.6 is 0 Å². The molecule has 0 bridgehead atoms. The van der Waals surface area contributed by atoms with Gasteiger partial charge in [-0.3, -0.25) is 14.4 Å². The van der Waals surface area contributed by atoms with Crippen molar-refractivity contribution in [3.8, 4) is 5.75 Å². The Labute approximate surface area is 147 Å². The first-order chi connectivity index (χ1) is 12.1. The summed E-state index contributed by atoms with van der Waals surface area (Å²) in [5, 5.41) is 11.2. The Morgan fingerprint density at radius 3 is 2.68 bits per heavy atom. The van der Waals surface area contributed by atoms with Crippen molar-refractivity contribution >= 4 is 17.8 Å². The van der Waals surface area contributed by atoms with Gasteiger partial charge in [0.2, 0.25) is 11.8 Å². The molecule has 136 valence electrons. The molecule has 0 aliphatic carbocycles. The highest BCUT2D eigenvalue weighted by Crippen LogP contribution is 2.18. The fraction of sp³-hybridized carbons (Fsp3) is 0.500. The van der Waals surface area contributed by atoms with Crippen molar-refractivity contribution in [1.29, 1.82) is 0 Å². The molecule has 0 saturated carbocycles. The summed E-state index contributed by atoms with van der Waals surface area (Å²) in [7, 11) is 0. The molecule has 1 saturated heterocycles. The molecule has 0 aromatic heterocycles. The minimum absolute atomic E-state index is 0.0287. The Bertz CT molecular complexity index is 590. The number of carboxylic acids is 1. The zero-order valence-corrected chi connectivity index (χ0v) is 14.1. The number of ether oxygens (including phenoxy) is 1. The molecule has 0 radical (unpaired) electrons. The molecule has 7 nitrogen and oxygen atoms in total. The topological polar surface area (TPSA) is 95.9 Å². The van der Waals surface area contributed by atoms with Crippen molar-refractivity contribution in [3.05, 3.63) is 30.3 Å². The lowest BCUT2D eigenvalue weighted by Crippen LogP contribution is -2.46. The Kier molecular flexibility index (Phi) is 7.25. The van der Waals surface area contributed by atoms with Crippen LogP contribution in [0.15, 0.2) is 30.3 Å². The number of hydrogen-bond donors (Lipinski definition) is 2. The zero-order chi connectivity index (χ0) is 18.1. The Morgan fingerprint density at radius 2 is 1.96 bits per heavy atom. The fourth-order valence-corrected chi connectivity index (χ4v) is 2.79. The van der Waals surface area contributed by atoms with E-state index in [0.29, 0.717) is 26.1 Å². The van der Waals surface area contributed by atoms with Crippen molar-refractivity contribution in [2.75, 3.05) is 26.2 Å². The van der Waals surface area contributed by atoms with Gasteiger partial charge in [0.25, 0.3) is 0 Å². The van der Waals surface area contributed by atoms with E-state index >= 15 is 0 Å². The van der Waals surface area contributed by atoms with Gasteiger partial charge in [-0.1, -0.05) is 18.2 Å². The monoisotopic (exact) mass is 348 g/mol. The summed E-state index contributed by atoms with van der Waals surface area (Å²) in [5.74, 6) is -0.705. The summed E-state index contributed by atoms with van der Waals surface area (Å²) in [4.78, 5) is 36.6. The highest BCUT2D eigenvalue weighted by Gasteiger charge is 2.28. The first-order valence-electron chi connectivity index (χ1n) is 8.51. The van der Waals surface area contributed by atoms with E-state index in [1.807, 2.05) is 30.3 Å². The molecule has 1 aliphatic heterocycles. The van der Waals surface area contributed by atoms with E-state index in [9.17, 15) is 14.4 Å². The number of nitrogens with one attached hydrogen (secondary N) is 1. The molecule has 1 aromatic rings. The van der Waals surface area contributed by atoms with Crippen molar-refractivity contribution in [3.63, 3.8) is 0 Å². The number of carbonyl (C=O) groups excluding carboxylic acids is 2. The minimum atomic E-state index is -0.945. The van der Waals surface area contributed by atoms with Gasteiger partial charge in [0.05, 0.1) is 25.4 Å². The summed E-state index contributed by atoms with van der Waals surface area (Å²) in [6.45, 7) is 1.44. The predicted octanol–water partition coefficient (Wildman–Crippen LogP) is 1.29. The molecule has 7 heteroatoms. The zero-order valence-electron chi connectivity index (χ0n) is 14.1. The number of aliphatic carboxylic acids is 1. The van der Waals surface area contributed by atoms with Crippen LogP contribution in [0, 0.1) is 5.92 Å². The highest BCUT2D eigenvalue weighted by atomic mass is 16.5. The highest BCUT2D eigenvalue weighted by molar-refractivity contribution is 5.81. The molecule has 1 aliphatic rings. The fourth-order valence-electron chi connectivity index (χ4n) is 2.79. The molecular formula is C18H24N2O5. The Balaban J connectivity index is 1.72. The van der Waals surface area contributed by atoms with Crippen LogP contribution in [0.3, 0.4) is 0 Å². The van der Waals surface area contributed by atoms with E-state index in [0.717, 1.165) is 12.2 Å². The number of hydrogen-bond acceptors (Lipinski definition) is 4. The molecule has 2 rings (SSSR count). The van der Waals surface area contributed by atoms with Crippen LogP contribution < -0.4 is 10.1 Å². The quantitative estimate of drug-likeness (QED) is 0.738. The molecule has 1 heterocycles. The Hall–Kier alpha value is -2.57. The smallest absolute Gasteiger partial charge is 0.305 e. The third kappa shape index (κ3) is 6.45. The molecule has 1 unspecified atom stereocenters. The van der Waals surface area contributed by atoms with E-state index in [1.165, 1.54) is 0 Å². The third-order valence-corrected chi connectivity index (χ3v) is 4.11. The largest absolute Gasteiger partial charge is 0.493 e. The molecule has 1 fully saturated rings. The standard InChI is InChI=1S/C18H24N2O5/c21-16(9-12-25-15-6-2-1-3-7-15)20-11-4-5-14(13-20)18(24)19-10-8-17(22)23/h1-3,6-7,14H,4-5,8-13H2,(H,19,24)(H,22,23). The lowest BCUT2D eigenvalue weighted by molar-refractivity contribution is -0.137. The molecule has 0 spiro atoms. The van der Waals surface area contributed by atoms with Gasteiger partial charge < -0.3 is 20.1 Å². The lowest BCUT2D eigenvalue weighted by Gasteiger charge is -2.32. The number of likely N-dealkylation sites (tertiary alicyclic amines) is 1. The first-order valence-corrected chi connectivity index (χ1v) is 8.51. The van der Waals surface area contributed by atoms with Crippen LogP contribution in [0.4, 0.5) is 0 Å². The number of carboxylic acid groups (broad SMARTS) is 1. The van der Waals surface area contributed by atoms with E-state index < -0.39 is 5.97 Å². The van der Waals surface area contributed by atoms with Gasteiger partial charge in [0.15, 0.2) is 0 Å². The minimum Gasteiger partial charge on any atom is -0.493 e. The van der Waals surface area contributed by atoms with E-state index in [-0.39, 0.29) is 37.1 Å². The number of piperidine rings is 1. The number of para-hydroxylation sites is 1. The van der Waals surface area contributed by atoms with Crippen LogP contribution in [-0.2, 0) is 14.4 Å². The summed E-state index contributed by atoms with van der Waals surface area (Å²) < 4.78 is 5.53. The van der Waals surface area contributed by atoms with Crippen LogP contribution in [0.1, 0.15) is 25.7 Å². The number of carbonyl (C=O) groups is 3. The maximum atomic E-state index is 12.3. The number of benzene rings is 1. The first kappa shape index (κ1) is 18.8. The summed E-state index contributed by atoms with van der Waals surface area (Å²) >= 11 is 0. The maximum absolute atomic E-state index is 12.3. The number of nitrogens with zero attached hydrogens (tertiary/aromatic N) is 1. The normalized spacial score (nSPS) is 17.0. The van der Waals surface area contributed by atoms with Crippen LogP contribution in [0.25, 0.3) is 0 Å². The Morgan fingerprint density at radius 1 is 1.20 bits per heavy atom. The SMILES string of the molecule is O=C(O)CCNC(=O)C1CCCN(C(=O)CCOc2ccccc2)C1. The second-order valence-corrected chi connectivity index (χ2v) is 6.03. The summed E-state index contributed by atoms with van der Waals surface area (Å²) in [5.41, 5.74) is 0. The van der Waals surface area contributed by atoms with E-state index in [2.05, 4.69) is 5.32 Å². The van der Waals surface area contributed by atoms with Gasteiger partial charge >= 0.3 is 5.97 Å². The molecule has 1 aromatic carbocycles. The van der Waals surface area contributed by atoms with Gasteiger partial charge in [0.1, 0.15) is 5.75 Å². The summed E-state index contributed by atoms with van der Waals surface area (Å²) in [6.07, 6.45) is 1.64. The maximum Gasteiger partial charge on any atom is 0.305 e. The van der Waals surface area contributed by atoms with Gasteiger partial charge in [0, 0.05) is 19.6 Å². The molecule has 2 amide bonds. The van der Waals surface area contributed by atoms with E-state index in [1.54, 1.807) is 4.90 Å². The van der Waals surface area contributed by atoms with Gasteiger partial charge in [-0.2, -0.15) is 0 Å². The number of amides is 2. The van der Waals surface area contributed by atoms with Crippen LogP contribution in [-0.4, -0.2) is 54.0 Å². The predicted molar refractivity (Wildman–Crippen MR) is 91.1 cm³/mol. The van der Waals surface area contributed by atoms with Gasteiger partial charge in [-0.05, 0) is 25.0 Å². The van der Waals surface area contributed by atoms with E-state index in [4.69, 9.17) is 9.84 Å². The molecular weight excluding hydrogens is 324 g/mol. The van der Waals surface area contributed by atoms with Crippen molar-refractivity contribution in [1.82, 2.24) is 10.2 Å². The average molecular weight is 348 g/mol. The second kappa shape index (κ2) is 9.66. The molecule has 1 atom stereocenters. The van der Waals surface area contributed by atoms with Gasteiger partial charge in [-0.25, -0.2) is 0 Å². The second-order valence-electron chi connectivity index (χ2n) is 6.03. The molecule has 25 heavy (non-hydrogen) atoms. The van der Waals surface area contributed by atoms with Crippen molar-refractivity contribution in [2.24, 2.45) is 5.92 Å². The van der Waals surface area contributed by atoms with Crippen molar-refractivity contribution < 1.29 is 24.2 Å². The van der Waals surface area contributed by atoms with Crippen molar-refractivity contribution in [2.45, 2.75) is 25.7 Å². The number of rotatable bonds is 8. The average Bonchev–Trinajstić information content (AvgIpc) is 2.62. The van der Waals surface area contributed by atoms with Gasteiger partial charge in [-0.15, -0.1) is 0 Å². The lowest BCUT2D eigenvalue weighted by atomic mass is 9.97. The van der Waals surface area contributed by atoms with Crippen LogP contribution in [0.2, 0.25) is 0 Å². The third-order valence-electron chi connectivity index (χ3n) is 4.11. The van der Waals surface area contributed by atoms with Crippen LogP contribution in [0.5, 0.6) is 5.75 Å².